The molecule has 0 spiro atoms. The first-order valence-corrected chi connectivity index (χ1v) is 8.74. The molecule has 8 heteroatoms. The van der Waals surface area contributed by atoms with Crippen LogP contribution >= 0.6 is 15.9 Å². The molecular formula is C18H16BrN7. The molecule has 0 fully saturated rings. The fourth-order valence-electron chi connectivity index (χ4n) is 2.80. The van der Waals surface area contributed by atoms with Gasteiger partial charge in [-0.25, -0.2) is 9.97 Å². The van der Waals surface area contributed by atoms with Gasteiger partial charge in [0.1, 0.15) is 4.60 Å². The van der Waals surface area contributed by atoms with Crippen molar-refractivity contribution in [3.05, 3.63) is 58.7 Å². The molecule has 4 rings (SSSR count). The van der Waals surface area contributed by atoms with Gasteiger partial charge >= 0.3 is 0 Å². The first-order valence-electron chi connectivity index (χ1n) is 7.94. The van der Waals surface area contributed by atoms with Crippen LogP contribution in [0.4, 0.5) is 11.6 Å². The molecule has 0 bridgehead atoms. The summed E-state index contributed by atoms with van der Waals surface area (Å²) in [6, 6.07) is 8.24. The number of pyridine rings is 1. The largest absolute Gasteiger partial charge is 0.381 e. The Labute approximate surface area is 158 Å². The van der Waals surface area contributed by atoms with Gasteiger partial charge in [0, 0.05) is 42.4 Å². The Morgan fingerprint density at radius 2 is 1.85 bits per heavy atom. The molecule has 3 aromatic heterocycles. The number of anilines is 2. The van der Waals surface area contributed by atoms with Gasteiger partial charge in [-0.2, -0.15) is 5.10 Å². The van der Waals surface area contributed by atoms with Gasteiger partial charge < -0.3 is 11.5 Å². The van der Waals surface area contributed by atoms with E-state index in [1.807, 2.05) is 37.8 Å². The summed E-state index contributed by atoms with van der Waals surface area (Å²) in [4.78, 5) is 13.1. The zero-order chi connectivity index (χ0) is 18.3. The molecule has 0 unspecified atom stereocenters. The number of benzene rings is 1. The minimum Gasteiger partial charge on any atom is -0.381 e. The third-order valence-electron chi connectivity index (χ3n) is 4.13. The van der Waals surface area contributed by atoms with E-state index in [9.17, 15) is 0 Å². The van der Waals surface area contributed by atoms with Crippen molar-refractivity contribution in [2.45, 2.75) is 6.42 Å². The second-order valence-electron chi connectivity index (χ2n) is 6.06. The number of hydrogen-bond donors (Lipinski definition) is 2. The van der Waals surface area contributed by atoms with Crippen LogP contribution in [0.15, 0.2) is 47.5 Å². The number of nitrogens with zero attached hydrogens (tertiary/aromatic N) is 5. The first-order chi connectivity index (χ1) is 12.5. The van der Waals surface area contributed by atoms with Crippen molar-refractivity contribution in [2.75, 3.05) is 11.5 Å². The van der Waals surface area contributed by atoms with E-state index < -0.39 is 0 Å². The second kappa shape index (κ2) is 6.38. The molecule has 0 aliphatic rings. The highest BCUT2D eigenvalue weighted by atomic mass is 79.9. The van der Waals surface area contributed by atoms with Crippen LogP contribution in [0.1, 0.15) is 11.3 Å². The maximum Gasteiger partial charge on any atom is 0.167 e. The van der Waals surface area contributed by atoms with Gasteiger partial charge in [0.15, 0.2) is 11.6 Å². The summed E-state index contributed by atoms with van der Waals surface area (Å²) in [5, 5.41) is 5.27. The standard InChI is InChI=1S/C18H16BrN7/c1-26-9-13(8-23-26)12-6-11-4-10(2-3-14(11)22-7-12)5-15-16(19)25-18(21)17(20)24-15/h2-4,6-9H,5H2,1H3,(H2,20,24)(H2,21,25). The molecule has 0 amide bonds. The van der Waals surface area contributed by atoms with E-state index in [4.69, 9.17) is 11.5 Å². The fourth-order valence-corrected chi connectivity index (χ4v) is 3.22. The van der Waals surface area contributed by atoms with E-state index in [2.05, 4.69) is 48.1 Å². The predicted molar refractivity (Wildman–Crippen MR) is 105 cm³/mol. The molecule has 0 radical (unpaired) electrons. The average molecular weight is 410 g/mol. The van der Waals surface area contributed by atoms with Crippen LogP contribution in [0.5, 0.6) is 0 Å². The maximum absolute atomic E-state index is 5.78. The molecule has 26 heavy (non-hydrogen) atoms. The van der Waals surface area contributed by atoms with E-state index in [1.165, 1.54) is 0 Å². The molecule has 0 saturated carbocycles. The van der Waals surface area contributed by atoms with Gasteiger partial charge in [-0.05, 0) is 39.7 Å². The van der Waals surface area contributed by atoms with E-state index in [0.29, 0.717) is 11.0 Å². The van der Waals surface area contributed by atoms with Crippen LogP contribution in [0.25, 0.3) is 22.0 Å². The van der Waals surface area contributed by atoms with Gasteiger partial charge in [0.2, 0.25) is 0 Å². The number of nitrogens with two attached hydrogens (primary N) is 2. The number of halogens is 1. The van der Waals surface area contributed by atoms with Crippen molar-refractivity contribution in [3.8, 4) is 11.1 Å². The monoisotopic (exact) mass is 409 g/mol. The van der Waals surface area contributed by atoms with Crippen LogP contribution in [0, 0.1) is 0 Å². The Bertz CT molecular complexity index is 1120. The number of nitrogen functional groups attached to an aromatic ring is 2. The Morgan fingerprint density at radius 3 is 2.62 bits per heavy atom. The quantitative estimate of drug-likeness (QED) is 0.538. The smallest absolute Gasteiger partial charge is 0.167 e. The number of aromatic nitrogens is 5. The van der Waals surface area contributed by atoms with E-state index >= 15 is 0 Å². The molecule has 4 aromatic rings. The lowest BCUT2D eigenvalue weighted by Gasteiger charge is -2.08. The topological polar surface area (TPSA) is 109 Å². The zero-order valence-electron chi connectivity index (χ0n) is 14.0. The van der Waals surface area contributed by atoms with Crippen molar-refractivity contribution < 1.29 is 0 Å². The lowest BCUT2D eigenvalue weighted by molar-refractivity contribution is 0.768. The summed E-state index contributed by atoms with van der Waals surface area (Å²) in [6.45, 7) is 0. The van der Waals surface area contributed by atoms with Crippen molar-refractivity contribution >= 4 is 38.5 Å². The van der Waals surface area contributed by atoms with E-state index in [1.54, 1.807) is 4.68 Å². The first kappa shape index (κ1) is 16.5. The van der Waals surface area contributed by atoms with Crippen molar-refractivity contribution in [3.63, 3.8) is 0 Å². The SMILES string of the molecule is Cn1cc(-c2cnc3ccc(Cc4nc(N)c(N)nc4Br)cc3c2)cn1. The molecule has 7 nitrogen and oxygen atoms in total. The Balaban J connectivity index is 1.71. The maximum atomic E-state index is 5.78. The van der Waals surface area contributed by atoms with Gasteiger partial charge in [-0.1, -0.05) is 6.07 Å². The number of rotatable bonds is 3. The third-order valence-corrected chi connectivity index (χ3v) is 4.77. The summed E-state index contributed by atoms with van der Waals surface area (Å²) in [5.74, 6) is 0.467. The summed E-state index contributed by atoms with van der Waals surface area (Å²) < 4.78 is 2.38. The predicted octanol–water partition coefficient (Wildman–Crippen LogP) is 2.94. The minimum absolute atomic E-state index is 0.226. The van der Waals surface area contributed by atoms with Gasteiger partial charge in [-0.15, -0.1) is 0 Å². The molecular weight excluding hydrogens is 394 g/mol. The van der Waals surface area contributed by atoms with Crippen LogP contribution in [0.3, 0.4) is 0 Å². The molecule has 0 aliphatic carbocycles. The van der Waals surface area contributed by atoms with Crippen molar-refractivity contribution in [2.24, 2.45) is 7.05 Å². The van der Waals surface area contributed by atoms with Crippen LogP contribution in [0.2, 0.25) is 0 Å². The average Bonchev–Trinajstić information content (AvgIpc) is 3.05. The van der Waals surface area contributed by atoms with E-state index in [-0.39, 0.29) is 11.6 Å². The molecule has 0 aliphatic heterocycles. The van der Waals surface area contributed by atoms with Gasteiger partial charge in [0.25, 0.3) is 0 Å². The highest BCUT2D eigenvalue weighted by Crippen LogP contribution is 2.25. The van der Waals surface area contributed by atoms with Crippen LogP contribution in [-0.4, -0.2) is 24.7 Å². The van der Waals surface area contributed by atoms with Gasteiger partial charge in [0.05, 0.1) is 17.4 Å². The van der Waals surface area contributed by atoms with E-state index in [0.717, 1.165) is 33.3 Å². The minimum atomic E-state index is 0.226. The molecule has 3 heterocycles. The molecule has 0 atom stereocenters. The number of hydrogen-bond acceptors (Lipinski definition) is 6. The Morgan fingerprint density at radius 1 is 1.04 bits per heavy atom. The second-order valence-corrected chi connectivity index (χ2v) is 6.81. The lowest BCUT2D eigenvalue weighted by Crippen LogP contribution is -2.05. The van der Waals surface area contributed by atoms with Crippen LogP contribution in [-0.2, 0) is 13.5 Å². The molecule has 4 N–H and O–H groups in total. The summed E-state index contributed by atoms with van der Waals surface area (Å²) in [5.41, 5.74) is 16.3. The summed E-state index contributed by atoms with van der Waals surface area (Å²) in [7, 11) is 1.90. The van der Waals surface area contributed by atoms with Gasteiger partial charge in [-0.3, -0.25) is 9.67 Å². The molecule has 1 aromatic carbocycles. The summed E-state index contributed by atoms with van der Waals surface area (Å²) in [6.07, 6.45) is 6.25. The highest BCUT2D eigenvalue weighted by Gasteiger charge is 2.10. The lowest BCUT2D eigenvalue weighted by atomic mass is 10.0. The molecule has 130 valence electrons. The van der Waals surface area contributed by atoms with Crippen LogP contribution < -0.4 is 11.5 Å². The highest BCUT2D eigenvalue weighted by molar-refractivity contribution is 9.10. The normalized spacial score (nSPS) is 11.2. The van der Waals surface area contributed by atoms with Crippen molar-refractivity contribution in [1.29, 1.82) is 0 Å². The Hall–Kier alpha value is -3.00. The summed E-state index contributed by atoms with van der Waals surface area (Å²) >= 11 is 3.40. The number of fused-ring (bicyclic) bond motifs is 1. The Kier molecular flexibility index (Phi) is 4.04. The molecule has 0 saturated heterocycles. The third kappa shape index (κ3) is 3.11. The zero-order valence-corrected chi connectivity index (χ0v) is 15.6. The van der Waals surface area contributed by atoms with Crippen molar-refractivity contribution in [1.82, 2.24) is 24.7 Å². The fraction of sp³-hybridized carbons (Fsp3) is 0.111. The number of aryl methyl sites for hydroxylation is 1.